The molecule has 1 N–H and O–H groups in total. The molecule has 0 fully saturated rings. The monoisotopic (exact) mass is 374 g/mol. The molecule has 1 aromatic heterocycles. The Morgan fingerprint density at radius 1 is 1.11 bits per heavy atom. The Morgan fingerprint density at radius 2 is 1.85 bits per heavy atom. The molecule has 0 unspecified atom stereocenters. The van der Waals surface area contributed by atoms with E-state index in [1.165, 1.54) is 24.4 Å². The summed E-state index contributed by atoms with van der Waals surface area (Å²) < 4.78 is 40.0. The third-order valence-electron chi connectivity index (χ3n) is 4.21. The van der Waals surface area contributed by atoms with Crippen LogP contribution in [-0.4, -0.2) is 10.5 Å². The molecule has 0 aliphatic rings. The molecular weight excluding hydrogens is 357 g/mol. The van der Waals surface area contributed by atoms with E-state index >= 15 is 0 Å². The summed E-state index contributed by atoms with van der Waals surface area (Å²) in [6.45, 7) is 3.58. The number of amides is 1. The normalized spacial score (nSPS) is 11.6. The second kappa shape index (κ2) is 6.90. The largest absolute Gasteiger partial charge is 0.416 e. The van der Waals surface area contributed by atoms with Gasteiger partial charge in [-0.3, -0.25) is 9.59 Å². The Morgan fingerprint density at radius 3 is 2.56 bits per heavy atom. The van der Waals surface area contributed by atoms with Crippen molar-refractivity contribution in [2.24, 2.45) is 0 Å². The first kappa shape index (κ1) is 18.7. The molecule has 0 aliphatic heterocycles. The van der Waals surface area contributed by atoms with Crippen molar-refractivity contribution in [2.45, 2.75) is 26.6 Å². The minimum Gasteiger partial charge on any atom is -0.338 e. The van der Waals surface area contributed by atoms with Gasteiger partial charge in [0.05, 0.1) is 11.1 Å². The van der Waals surface area contributed by atoms with Crippen LogP contribution in [0.4, 0.5) is 18.9 Å². The van der Waals surface area contributed by atoms with Crippen LogP contribution in [0.3, 0.4) is 0 Å². The number of alkyl halides is 3. The average Bonchev–Trinajstić information content (AvgIpc) is 2.56. The molecule has 0 aliphatic carbocycles. The summed E-state index contributed by atoms with van der Waals surface area (Å²) >= 11 is 0. The molecule has 0 saturated heterocycles. The van der Waals surface area contributed by atoms with E-state index in [1.54, 1.807) is 10.6 Å². The predicted octanol–water partition coefficient (Wildman–Crippen LogP) is 4.28. The van der Waals surface area contributed by atoms with E-state index in [-0.39, 0.29) is 17.7 Å². The Hall–Kier alpha value is -3.09. The number of carbonyl (C=O) groups excluding carboxylic acids is 1. The molecule has 0 spiro atoms. The number of pyridine rings is 1. The van der Waals surface area contributed by atoms with E-state index in [1.807, 2.05) is 19.9 Å². The number of aromatic nitrogens is 1. The molecule has 1 heterocycles. The number of nitrogens with zero attached hydrogens (tertiary/aromatic N) is 1. The van der Waals surface area contributed by atoms with E-state index in [9.17, 15) is 22.8 Å². The van der Waals surface area contributed by atoms with Gasteiger partial charge in [0.25, 0.3) is 0 Å². The number of halogens is 3. The third-order valence-corrected chi connectivity index (χ3v) is 4.21. The topological polar surface area (TPSA) is 51.1 Å². The fraction of sp³-hybridized carbons (Fsp3) is 0.200. The summed E-state index contributed by atoms with van der Waals surface area (Å²) in [4.78, 5) is 24.5. The molecule has 0 bridgehead atoms. The van der Waals surface area contributed by atoms with Gasteiger partial charge in [-0.15, -0.1) is 0 Å². The van der Waals surface area contributed by atoms with Crippen LogP contribution in [0.25, 0.3) is 10.9 Å². The number of hydrogen-bond acceptors (Lipinski definition) is 2. The number of benzene rings is 2. The van der Waals surface area contributed by atoms with Crippen LogP contribution >= 0.6 is 0 Å². The van der Waals surface area contributed by atoms with Crippen LogP contribution in [0.15, 0.2) is 53.5 Å². The van der Waals surface area contributed by atoms with E-state index in [2.05, 4.69) is 5.32 Å². The molecule has 140 valence electrons. The zero-order chi connectivity index (χ0) is 19.8. The van der Waals surface area contributed by atoms with Gasteiger partial charge in [0.1, 0.15) is 6.54 Å². The van der Waals surface area contributed by atoms with Crippen LogP contribution < -0.4 is 10.7 Å². The highest BCUT2D eigenvalue weighted by Crippen LogP contribution is 2.30. The lowest BCUT2D eigenvalue weighted by Crippen LogP contribution is -2.21. The van der Waals surface area contributed by atoms with Crippen molar-refractivity contribution < 1.29 is 18.0 Å². The lowest BCUT2D eigenvalue weighted by atomic mass is 10.1. The van der Waals surface area contributed by atoms with Crippen molar-refractivity contribution in [3.05, 3.63) is 75.6 Å². The van der Waals surface area contributed by atoms with Crippen LogP contribution in [-0.2, 0) is 17.5 Å². The molecular formula is C20H17F3N2O2. The second-order valence-corrected chi connectivity index (χ2v) is 6.41. The van der Waals surface area contributed by atoms with Crippen molar-refractivity contribution in [2.75, 3.05) is 5.32 Å². The van der Waals surface area contributed by atoms with Gasteiger partial charge in [-0.05, 0) is 49.2 Å². The highest BCUT2D eigenvalue weighted by molar-refractivity contribution is 5.92. The van der Waals surface area contributed by atoms with Gasteiger partial charge in [0.15, 0.2) is 5.43 Å². The van der Waals surface area contributed by atoms with E-state index in [0.29, 0.717) is 10.9 Å². The Kier molecular flexibility index (Phi) is 4.78. The number of aryl methyl sites for hydroxylation is 2. The lowest BCUT2D eigenvalue weighted by Gasteiger charge is -2.14. The Balaban J connectivity index is 1.89. The lowest BCUT2D eigenvalue weighted by molar-refractivity contribution is -0.137. The van der Waals surface area contributed by atoms with Crippen LogP contribution in [0.1, 0.15) is 16.7 Å². The first-order valence-electron chi connectivity index (χ1n) is 8.22. The fourth-order valence-corrected chi connectivity index (χ4v) is 3.08. The number of carbonyl (C=O) groups is 1. The average molecular weight is 374 g/mol. The third kappa shape index (κ3) is 4.02. The molecule has 4 nitrogen and oxygen atoms in total. The highest BCUT2D eigenvalue weighted by atomic mass is 19.4. The molecule has 3 rings (SSSR count). The SMILES string of the molecule is Cc1cc(C)c2c(=O)ccn(CC(=O)Nc3cccc(C(F)(F)F)c3)c2c1. The summed E-state index contributed by atoms with van der Waals surface area (Å²) in [5, 5.41) is 3.00. The standard InChI is InChI=1S/C20H17F3N2O2/c1-12-8-13(2)19-16(9-12)25(7-6-17(19)26)11-18(27)24-15-5-3-4-14(10-15)20(21,22)23/h3-10H,11H2,1-2H3,(H,24,27). The van der Waals surface area contributed by atoms with Crippen molar-refractivity contribution in [3.63, 3.8) is 0 Å². The molecule has 7 heteroatoms. The van der Waals surface area contributed by atoms with Crippen LogP contribution in [0.2, 0.25) is 0 Å². The number of nitrogens with one attached hydrogen (secondary N) is 1. The van der Waals surface area contributed by atoms with Crippen LogP contribution in [0, 0.1) is 13.8 Å². The summed E-state index contributed by atoms with van der Waals surface area (Å²) in [5.41, 5.74) is 1.45. The molecule has 0 saturated carbocycles. The first-order valence-corrected chi connectivity index (χ1v) is 8.22. The maximum Gasteiger partial charge on any atom is 0.416 e. The van der Waals surface area contributed by atoms with Crippen molar-refractivity contribution >= 4 is 22.5 Å². The first-order chi connectivity index (χ1) is 12.6. The molecule has 3 aromatic rings. The second-order valence-electron chi connectivity index (χ2n) is 6.41. The quantitative estimate of drug-likeness (QED) is 0.744. The van der Waals surface area contributed by atoms with Crippen molar-refractivity contribution in [3.8, 4) is 0 Å². The smallest absolute Gasteiger partial charge is 0.338 e. The number of hydrogen-bond donors (Lipinski definition) is 1. The predicted molar refractivity (Wildman–Crippen MR) is 97.8 cm³/mol. The molecule has 0 radical (unpaired) electrons. The van der Waals surface area contributed by atoms with E-state index in [4.69, 9.17) is 0 Å². The molecule has 0 atom stereocenters. The van der Waals surface area contributed by atoms with Gasteiger partial charge in [-0.25, -0.2) is 0 Å². The van der Waals surface area contributed by atoms with Gasteiger partial charge in [-0.2, -0.15) is 13.2 Å². The number of fused-ring (bicyclic) bond motifs is 1. The zero-order valence-corrected chi connectivity index (χ0v) is 14.7. The number of rotatable bonds is 3. The Labute approximate surface area is 153 Å². The number of anilines is 1. The maximum absolute atomic E-state index is 12.8. The zero-order valence-electron chi connectivity index (χ0n) is 14.7. The Bertz CT molecular complexity index is 1080. The van der Waals surface area contributed by atoms with E-state index in [0.717, 1.165) is 23.3 Å². The van der Waals surface area contributed by atoms with Gasteiger partial charge in [-0.1, -0.05) is 12.1 Å². The molecule has 27 heavy (non-hydrogen) atoms. The summed E-state index contributed by atoms with van der Waals surface area (Å²) in [5.74, 6) is -0.488. The van der Waals surface area contributed by atoms with Gasteiger partial charge in [0, 0.05) is 23.3 Å². The van der Waals surface area contributed by atoms with E-state index < -0.39 is 17.6 Å². The fourth-order valence-electron chi connectivity index (χ4n) is 3.08. The van der Waals surface area contributed by atoms with Crippen LogP contribution in [0.5, 0.6) is 0 Å². The maximum atomic E-state index is 12.8. The van der Waals surface area contributed by atoms with Crippen molar-refractivity contribution in [1.29, 1.82) is 0 Å². The minimum atomic E-state index is -4.48. The summed E-state index contributed by atoms with van der Waals surface area (Å²) in [6, 6.07) is 9.53. The van der Waals surface area contributed by atoms with Crippen molar-refractivity contribution in [1.82, 2.24) is 4.57 Å². The summed E-state index contributed by atoms with van der Waals surface area (Å²) in [7, 11) is 0. The van der Waals surface area contributed by atoms with Gasteiger partial charge >= 0.3 is 6.18 Å². The summed E-state index contributed by atoms with van der Waals surface area (Å²) in [6.07, 6.45) is -2.97. The highest BCUT2D eigenvalue weighted by Gasteiger charge is 2.30. The van der Waals surface area contributed by atoms with Gasteiger partial charge < -0.3 is 9.88 Å². The molecule has 2 aromatic carbocycles. The molecule has 1 amide bonds. The minimum absolute atomic E-state index is 0.0625. The van der Waals surface area contributed by atoms with Gasteiger partial charge in [0.2, 0.25) is 5.91 Å².